The van der Waals surface area contributed by atoms with Crippen LogP contribution >= 0.6 is 23.2 Å². The van der Waals surface area contributed by atoms with Gasteiger partial charge in [-0.2, -0.15) is 4.80 Å². The standard InChI is InChI=1S/C25H18Cl2N4O2.C2H6/c1-2-15-3-7-18(8-4-15)31-29-21-10-6-17(14-22(21)30-31)28-25(32)24-12-11-23(33-24)16-5-9-19(26)20(27)13-16;1-2/h3-14H,2H2,1H3,(H,28,32);1-2H3. The van der Waals surface area contributed by atoms with E-state index in [9.17, 15) is 4.79 Å². The van der Waals surface area contributed by atoms with Gasteiger partial charge in [0, 0.05) is 11.3 Å². The third-order valence-corrected chi connectivity index (χ3v) is 5.99. The highest BCUT2D eigenvalue weighted by atomic mass is 35.5. The number of nitrogens with zero attached hydrogens (tertiary/aromatic N) is 3. The maximum atomic E-state index is 12.7. The van der Waals surface area contributed by atoms with Crippen LogP contribution in [-0.2, 0) is 6.42 Å². The number of hydrogen-bond acceptors (Lipinski definition) is 4. The van der Waals surface area contributed by atoms with Crippen LogP contribution in [0.1, 0.15) is 36.9 Å². The van der Waals surface area contributed by atoms with Crippen molar-refractivity contribution in [3.63, 3.8) is 0 Å². The topological polar surface area (TPSA) is 73.0 Å². The number of nitrogens with one attached hydrogen (secondary N) is 1. The Morgan fingerprint density at radius 1 is 0.886 bits per heavy atom. The molecule has 178 valence electrons. The molecule has 1 amide bonds. The summed E-state index contributed by atoms with van der Waals surface area (Å²) in [6, 6.07) is 22.0. The zero-order valence-electron chi connectivity index (χ0n) is 19.5. The lowest BCUT2D eigenvalue weighted by Gasteiger charge is -2.03. The summed E-state index contributed by atoms with van der Waals surface area (Å²) in [6.45, 7) is 6.11. The molecule has 0 bridgehead atoms. The number of aromatic nitrogens is 3. The number of amides is 1. The monoisotopic (exact) mass is 506 g/mol. The van der Waals surface area contributed by atoms with Gasteiger partial charge in [0.2, 0.25) is 0 Å². The summed E-state index contributed by atoms with van der Waals surface area (Å²) in [5, 5.41) is 12.8. The average molecular weight is 507 g/mol. The molecule has 35 heavy (non-hydrogen) atoms. The number of carbonyl (C=O) groups excluding carboxylic acids is 1. The van der Waals surface area contributed by atoms with Gasteiger partial charge in [-0.1, -0.05) is 56.1 Å². The maximum absolute atomic E-state index is 12.7. The fourth-order valence-electron chi connectivity index (χ4n) is 3.43. The molecule has 0 aliphatic rings. The van der Waals surface area contributed by atoms with Gasteiger partial charge in [-0.15, -0.1) is 10.2 Å². The second-order valence-electron chi connectivity index (χ2n) is 7.46. The molecule has 0 atom stereocenters. The summed E-state index contributed by atoms with van der Waals surface area (Å²) in [5.41, 5.74) is 4.85. The van der Waals surface area contributed by atoms with Crippen LogP contribution < -0.4 is 5.32 Å². The molecule has 0 saturated heterocycles. The Balaban J connectivity index is 0.00000141. The number of carbonyl (C=O) groups is 1. The Morgan fingerprint density at radius 2 is 1.63 bits per heavy atom. The normalized spacial score (nSPS) is 10.7. The molecule has 0 aliphatic heterocycles. The lowest BCUT2D eigenvalue weighted by Crippen LogP contribution is -2.10. The van der Waals surface area contributed by atoms with Crippen LogP contribution in [0.3, 0.4) is 0 Å². The van der Waals surface area contributed by atoms with Crippen molar-refractivity contribution in [2.24, 2.45) is 0 Å². The van der Waals surface area contributed by atoms with E-state index in [2.05, 4.69) is 34.6 Å². The second-order valence-corrected chi connectivity index (χ2v) is 8.27. The van der Waals surface area contributed by atoms with E-state index in [4.69, 9.17) is 27.6 Å². The van der Waals surface area contributed by atoms with Gasteiger partial charge in [-0.05, 0) is 72.6 Å². The molecular formula is C27H24Cl2N4O2. The van der Waals surface area contributed by atoms with E-state index in [-0.39, 0.29) is 11.7 Å². The first kappa shape index (κ1) is 24.5. The second kappa shape index (κ2) is 10.8. The zero-order valence-corrected chi connectivity index (χ0v) is 21.1. The summed E-state index contributed by atoms with van der Waals surface area (Å²) in [7, 11) is 0. The first-order chi connectivity index (χ1) is 17.0. The quantitative estimate of drug-likeness (QED) is 0.263. The van der Waals surface area contributed by atoms with Crippen LogP contribution in [-0.4, -0.2) is 20.9 Å². The van der Waals surface area contributed by atoms with Gasteiger partial charge in [0.1, 0.15) is 16.8 Å². The number of furan rings is 1. The number of benzene rings is 3. The van der Waals surface area contributed by atoms with Gasteiger partial charge in [0.15, 0.2) is 5.76 Å². The van der Waals surface area contributed by atoms with Crippen LogP contribution in [0.4, 0.5) is 5.69 Å². The molecule has 6 nitrogen and oxygen atoms in total. The van der Waals surface area contributed by atoms with Crippen molar-refractivity contribution in [1.82, 2.24) is 15.0 Å². The smallest absolute Gasteiger partial charge is 0.291 e. The Hall–Kier alpha value is -3.61. The predicted octanol–water partition coefficient (Wildman–Crippen LogP) is 7.83. The van der Waals surface area contributed by atoms with Crippen LogP contribution in [0.5, 0.6) is 0 Å². The molecule has 0 aliphatic carbocycles. The summed E-state index contributed by atoms with van der Waals surface area (Å²) >= 11 is 12.0. The average Bonchev–Trinajstić information content (AvgIpc) is 3.55. The molecule has 0 spiro atoms. The third-order valence-electron chi connectivity index (χ3n) is 5.25. The van der Waals surface area contributed by atoms with Crippen LogP contribution in [0.25, 0.3) is 28.0 Å². The Labute approximate surface area is 213 Å². The van der Waals surface area contributed by atoms with E-state index in [0.717, 1.165) is 23.2 Å². The van der Waals surface area contributed by atoms with Gasteiger partial charge in [-0.25, -0.2) is 0 Å². The van der Waals surface area contributed by atoms with Crippen molar-refractivity contribution in [1.29, 1.82) is 0 Å². The van der Waals surface area contributed by atoms with Crippen molar-refractivity contribution in [2.75, 3.05) is 5.32 Å². The summed E-state index contributed by atoms with van der Waals surface area (Å²) in [4.78, 5) is 14.3. The molecule has 0 saturated carbocycles. The molecule has 5 rings (SSSR count). The van der Waals surface area contributed by atoms with Crippen LogP contribution in [0, 0.1) is 0 Å². The minimum atomic E-state index is -0.372. The summed E-state index contributed by atoms with van der Waals surface area (Å²) in [6.07, 6.45) is 0.975. The first-order valence-corrected chi connectivity index (χ1v) is 12.1. The van der Waals surface area contributed by atoms with Crippen molar-refractivity contribution in [3.05, 3.63) is 94.2 Å². The Bertz CT molecular complexity index is 1470. The van der Waals surface area contributed by atoms with Crippen molar-refractivity contribution in [3.8, 4) is 17.0 Å². The SMILES string of the molecule is CC.CCc1ccc(-n2nc3ccc(NC(=O)c4ccc(-c5ccc(Cl)c(Cl)c5)o4)cc3n2)cc1. The number of rotatable bonds is 5. The molecule has 0 fully saturated rings. The fourth-order valence-corrected chi connectivity index (χ4v) is 3.73. The van der Waals surface area contributed by atoms with E-state index in [1.807, 2.05) is 32.0 Å². The van der Waals surface area contributed by atoms with Gasteiger partial charge in [0.05, 0.1) is 15.7 Å². The van der Waals surface area contributed by atoms with E-state index in [1.54, 1.807) is 47.3 Å². The maximum Gasteiger partial charge on any atom is 0.291 e. The molecular weight excluding hydrogens is 483 g/mol. The predicted molar refractivity (Wildman–Crippen MR) is 142 cm³/mol. The minimum Gasteiger partial charge on any atom is -0.451 e. The molecule has 0 radical (unpaired) electrons. The molecule has 1 N–H and O–H groups in total. The molecule has 0 unspecified atom stereocenters. The minimum absolute atomic E-state index is 0.177. The number of aryl methyl sites for hydroxylation is 1. The van der Waals surface area contributed by atoms with E-state index >= 15 is 0 Å². The zero-order chi connectivity index (χ0) is 24.9. The van der Waals surface area contributed by atoms with Crippen molar-refractivity contribution in [2.45, 2.75) is 27.2 Å². The van der Waals surface area contributed by atoms with Crippen molar-refractivity contribution >= 4 is 45.8 Å². The molecule has 3 aromatic carbocycles. The van der Waals surface area contributed by atoms with Gasteiger partial charge in [0.25, 0.3) is 5.91 Å². The van der Waals surface area contributed by atoms with Gasteiger partial charge in [-0.3, -0.25) is 4.79 Å². The largest absolute Gasteiger partial charge is 0.451 e. The molecule has 8 heteroatoms. The highest BCUT2D eigenvalue weighted by Gasteiger charge is 2.14. The summed E-state index contributed by atoms with van der Waals surface area (Å²) in [5.74, 6) is 0.324. The van der Waals surface area contributed by atoms with Crippen LogP contribution in [0.2, 0.25) is 10.0 Å². The van der Waals surface area contributed by atoms with Gasteiger partial charge < -0.3 is 9.73 Å². The Kier molecular flexibility index (Phi) is 7.54. The molecule has 2 aromatic heterocycles. The van der Waals surface area contributed by atoms with Crippen LogP contribution in [0.15, 0.2) is 77.2 Å². The lowest BCUT2D eigenvalue weighted by molar-refractivity contribution is 0.0997. The van der Waals surface area contributed by atoms with E-state index in [1.165, 1.54) is 5.56 Å². The first-order valence-electron chi connectivity index (χ1n) is 11.3. The van der Waals surface area contributed by atoms with Gasteiger partial charge >= 0.3 is 0 Å². The molecule has 5 aromatic rings. The number of hydrogen-bond donors (Lipinski definition) is 1. The number of halogens is 2. The Morgan fingerprint density at radius 3 is 2.34 bits per heavy atom. The highest BCUT2D eigenvalue weighted by molar-refractivity contribution is 6.42. The molecule has 2 heterocycles. The van der Waals surface area contributed by atoms with Crippen molar-refractivity contribution < 1.29 is 9.21 Å². The van der Waals surface area contributed by atoms with E-state index < -0.39 is 0 Å². The third kappa shape index (κ3) is 5.39. The lowest BCUT2D eigenvalue weighted by atomic mass is 10.2. The fraction of sp³-hybridized carbons (Fsp3) is 0.148. The summed E-state index contributed by atoms with van der Waals surface area (Å²) < 4.78 is 5.72. The number of anilines is 1. The van der Waals surface area contributed by atoms with E-state index in [0.29, 0.717) is 27.0 Å². The number of fused-ring (bicyclic) bond motifs is 1. The highest BCUT2D eigenvalue weighted by Crippen LogP contribution is 2.30.